The molecule has 1 saturated heterocycles. The molecule has 3 aromatic carbocycles. The van der Waals surface area contributed by atoms with Crippen LogP contribution in [-0.4, -0.2) is 42.7 Å². The van der Waals surface area contributed by atoms with Crippen molar-refractivity contribution in [2.75, 3.05) is 30.0 Å². The number of benzene rings is 3. The van der Waals surface area contributed by atoms with Gasteiger partial charge in [-0.05, 0) is 81.7 Å². The van der Waals surface area contributed by atoms with Crippen molar-refractivity contribution in [3.05, 3.63) is 88.1 Å². The highest BCUT2D eigenvalue weighted by molar-refractivity contribution is 9.10. The molecule has 37 heavy (non-hydrogen) atoms. The van der Waals surface area contributed by atoms with E-state index >= 15 is 0 Å². The summed E-state index contributed by atoms with van der Waals surface area (Å²) in [5.74, 6) is 2.28. The molecule has 1 aliphatic rings. The molecule has 0 saturated carbocycles. The lowest BCUT2D eigenvalue weighted by Crippen LogP contribution is -2.24. The second-order valence-corrected chi connectivity index (χ2v) is 11.3. The Labute approximate surface area is 230 Å². The van der Waals surface area contributed by atoms with Gasteiger partial charge in [0.1, 0.15) is 17.3 Å². The van der Waals surface area contributed by atoms with E-state index in [2.05, 4.69) is 31.8 Å². The Morgan fingerprint density at radius 3 is 2.38 bits per heavy atom. The van der Waals surface area contributed by atoms with Crippen LogP contribution in [-0.2, 0) is 9.59 Å². The van der Waals surface area contributed by atoms with Gasteiger partial charge in [0.25, 0.3) is 11.8 Å². The van der Waals surface area contributed by atoms with Crippen LogP contribution in [0, 0.1) is 5.82 Å². The first-order chi connectivity index (χ1) is 18.0. The van der Waals surface area contributed by atoms with E-state index in [0.29, 0.717) is 31.8 Å². The normalized spacial score (nSPS) is 13.5. The number of halogens is 2. The predicted octanol–water partition coefficient (Wildman–Crippen LogP) is 5.61. The molecule has 192 valence electrons. The third-order valence-electron chi connectivity index (χ3n) is 4.99. The number of thioether (sulfide) groups is 2. The van der Waals surface area contributed by atoms with Gasteiger partial charge in [-0.3, -0.25) is 9.59 Å². The van der Waals surface area contributed by atoms with Crippen LogP contribution < -0.4 is 20.2 Å². The lowest BCUT2D eigenvalue weighted by molar-refractivity contribution is -0.123. The summed E-state index contributed by atoms with van der Waals surface area (Å²) >= 11 is 7.28. The largest absolute Gasteiger partial charge is 0.484 e. The van der Waals surface area contributed by atoms with Gasteiger partial charge < -0.3 is 14.8 Å². The summed E-state index contributed by atoms with van der Waals surface area (Å²) in [7, 11) is 0. The maximum atomic E-state index is 13.0. The first-order valence-electron chi connectivity index (χ1n) is 11.2. The molecule has 1 aliphatic heterocycles. The van der Waals surface area contributed by atoms with E-state index in [1.165, 1.54) is 47.5 Å². The van der Waals surface area contributed by atoms with Crippen LogP contribution in [0.25, 0.3) is 0 Å². The first kappa shape index (κ1) is 27.0. The Kier molecular flexibility index (Phi) is 9.86. The van der Waals surface area contributed by atoms with E-state index in [9.17, 15) is 14.0 Å². The molecule has 3 aromatic rings. The molecule has 0 radical (unpaired) electrons. The highest BCUT2D eigenvalue weighted by atomic mass is 79.9. The Balaban J connectivity index is 1.18. The van der Waals surface area contributed by atoms with Gasteiger partial charge in [-0.1, -0.05) is 12.1 Å². The third-order valence-corrected chi connectivity index (χ3v) is 8.71. The fourth-order valence-electron chi connectivity index (χ4n) is 3.22. The van der Waals surface area contributed by atoms with Crippen molar-refractivity contribution in [3.8, 4) is 11.5 Å². The van der Waals surface area contributed by atoms with Gasteiger partial charge in [-0.25, -0.2) is 9.82 Å². The Hall–Kier alpha value is -3.02. The van der Waals surface area contributed by atoms with Crippen molar-refractivity contribution in [2.45, 2.75) is 4.58 Å². The van der Waals surface area contributed by atoms with Crippen molar-refractivity contribution in [1.29, 1.82) is 0 Å². The minimum atomic E-state index is -0.381. The minimum Gasteiger partial charge on any atom is -0.484 e. The smallest absolute Gasteiger partial charge is 0.277 e. The number of amides is 2. The topological polar surface area (TPSA) is 89.0 Å². The molecule has 0 aromatic heterocycles. The number of carbonyl (C=O) groups is 2. The number of carbonyl (C=O) groups excluding carboxylic acids is 2. The maximum absolute atomic E-state index is 13.0. The molecule has 0 aliphatic carbocycles. The number of nitrogens with zero attached hydrogens (tertiary/aromatic N) is 1. The predicted molar refractivity (Wildman–Crippen MR) is 150 cm³/mol. The van der Waals surface area contributed by atoms with E-state index in [-0.39, 0.29) is 30.8 Å². The van der Waals surface area contributed by atoms with Crippen LogP contribution in [0.2, 0.25) is 0 Å². The summed E-state index contributed by atoms with van der Waals surface area (Å²) in [6, 6.07) is 18.4. The molecular formula is C26H23BrFN3O4S2. The SMILES string of the molecule is O=C(COc1ccc(C2SCCS2)cc1)N/N=C\c1ccc(OCC(=O)Nc2ccc(F)cc2)c(Br)c1. The molecule has 2 amide bonds. The quantitative estimate of drug-likeness (QED) is 0.231. The van der Waals surface area contributed by atoms with Gasteiger partial charge in [0, 0.05) is 17.2 Å². The minimum absolute atomic E-state index is 0.153. The van der Waals surface area contributed by atoms with E-state index in [4.69, 9.17) is 9.47 Å². The molecule has 7 nitrogen and oxygen atoms in total. The molecule has 0 unspecified atom stereocenters. The molecule has 2 N–H and O–H groups in total. The van der Waals surface area contributed by atoms with E-state index in [1.807, 2.05) is 47.8 Å². The first-order valence-corrected chi connectivity index (χ1v) is 14.1. The highest BCUT2D eigenvalue weighted by Gasteiger charge is 2.18. The van der Waals surface area contributed by atoms with E-state index in [0.717, 1.165) is 0 Å². The van der Waals surface area contributed by atoms with E-state index < -0.39 is 0 Å². The number of nitrogens with one attached hydrogen (secondary N) is 2. The van der Waals surface area contributed by atoms with Crippen LogP contribution >= 0.6 is 39.5 Å². The zero-order valence-corrected chi connectivity index (χ0v) is 22.7. The van der Waals surface area contributed by atoms with Gasteiger partial charge in [0.15, 0.2) is 13.2 Å². The van der Waals surface area contributed by atoms with Gasteiger partial charge in [0.05, 0.1) is 15.3 Å². The zero-order valence-electron chi connectivity index (χ0n) is 19.5. The summed E-state index contributed by atoms with van der Waals surface area (Å²) in [6.07, 6.45) is 1.49. The zero-order chi connectivity index (χ0) is 26.0. The fourth-order valence-corrected chi connectivity index (χ4v) is 6.59. The molecule has 1 fully saturated rings. The van der Waals surface area contributed by atoms with Gasteiger partial charge in [-0.2, -0.15) is 5.10 Å². The van der Waals surface area contributed by atoms with Crippen LogP contribution in [0.3, 0.4) is 0 Å². The molecule has 0 spiro atoms. The molecule has 0 bridgehead atoms. The summed E-state index contributed by atoms with van der Waals surface area (Å²) < 4.78 is 25.1. The number of hydrazone groups is 1. The third kappa shape index (κ3) is 8.51. The van der Waals surface area contributed by atoms with Crippen molar-refractivity contribution < 1.29 is 23.5 Å². The standard InChI is InChI=1S/C26H23BrFN3O4S2/c27-22-13-17(1-10-23(22)35-15-24(32)30-20-6-4-19(28)5-7-20)14-29-31-25(33)16-34-21-8-2-18(3-9-21)26-36-11-12-37-26/h1-10,13-14,26H,11-12,15-16H2,(H,30,32)(H,31,33)/b29-14-. The molecule has 4 rings (SSSR count). The highest BCUT2D eigenvalue weighted by Crippen LogP contribution is 2.45. The van der Waals surface area contributed by atoms with Crippen molar-refractivity contribution in [2.24, 2.45) is 5.10 Å². The molecule has 11 heteroatoms. The van der Waals surface area contributed by atoms with Crippen LogP contribution in [0.5, 0.6) is 11.5 Å². The second kappa shape index (κ2) is 13.5. The second-order valence-electron chi connectivity index (χ2n) is 7.76. The van der Waals surface area contributed by atoms with Gasteiger partial charge >= 0.3 is 0 Å². The number of ether oxygens (including phenoxy) is 2. The van der Waals surface area contributed by atoms with Crippen LogP contribution in [0.4, 0.5) is 10.1 Å². The summed E-state index contributed by atoms with van der Waals surface area (Å²) in [5.41, 5.74) is 4.87. The van der Waals surface area contributed by atoms with Crippen LogP contribution in [0.15, 0.2) is 76.3 Å². The maximum Gasteiger partial charge on any atom is 0.277 e. The summed E-state index contributed by atoms with van der Waals surface area (Å²) in [5, 5.41) is 6.58. The van der Waals surface area contributed by atoms with Gasteiger partial charge in [-0.15, -0.1) is 23.5 Å². The van der Waals surface area contributed by atoms with E-state index in [1.54, 1.807) is 18.2 Å². The number of rotatable bonds is 10. The van der Waals surface area contributed by atoms with Crippen LogP contribution in [0.1, 0.15) is 15.7 Å². The molecule has 1 heterocycles. The van der Waals surface area contributed by atoms with Gasteiger partial charge in [0.2, 0.25) is 0 Å². The number of hydrogen-bond acceptors (Lipinski definition) is 7. The fraction of sp³-hybridized carbons (Fsp3) is 0.192. The lowest BCUT2D eigenvalue weighted by Gasteiger charge is -2.10. The number of hydrogen-bond donors (Lipinski definition) is 2. The monoisotopic (exact) mass is 603 g/mol. The molecular weight excluding hydrogens is 581 g/mol. The molecule has 0 atom stereocenters. The van der Waals surface area contributed by atoms with Crippen molar-refractivity contribution >= 4 is 63.2 Å². The Morgan fingerprint density at radius 1 is 0.973 bits per heavy atom. The lowest BCUT2D eigenvalue weighted by atomic mass is 10.2. The summed E-state index contributed by atoms with van der Waals surface area (Å²) in [6.45, 7) is -0.374. The number of anilines is 1. The summed E-state index contributed by atoms with van der Waals surface area (Å²) in [4.78, 5) is 24.1. The van der Waals surface area contributed by atoms with Crippen molar-refractivity contribution in [1.82, 2.24) is 5.43 Å². The van der Waals surface area contributed by atoms with Crippen molar-refractivity contribution in [3.63, 3.8) is 0 Å². The Bertz CT molecular complexity index is 1250. The average Bonchev–Trinajstić information content (AvgIpc) is 3.44. The average molecular weight is 605 g/mol. The Morgan fingerprint density at radius 2 is 1.68 bits per heavy atom.